The van der Waals surface area contributed by atoms with Crippen molar-refractivity contribution in [2.45, 2.75) is 6.42 Å². The fraction of sp³-hybridized carbons (Fsp3) is 0.0714. The van der Waals surface area contributed by atoms with Crippen LogP contribution in [0.4, 0.5) is 0 Å². The zero-order valence-electron chi connectivity index (χ0n) is 10.6. The molecule has 21 heavy (non-hydrogen) atoms. The molecule has 3 nitrogen and oxygen atoms in total. The van der Waals surface area contributed by atoms with Crippen molar-refractivity contribution >= 4 is 46.1 Å². The zero-order chi connectivity index (χ0) is 14.8. The first kappa shape index (κ1) is 14.7. The maximum absolute atomic E-state index is 5.91. The Labute approximate surface area is 140 Å². The molecule has 0 bridgehead atoms. The summed E-state index contributed by atoms with van der Waals surface area (Å²) < 4.78 is 0. The molecular weight excluding hydrogens is 349 g/mol. The van der Waals surface area contributed by atoms with Crippen LogP contribution in [0.3, 0.4) is 0 Å². The van der Waals surface area contributed by atoms with Crippen molar-refractivity contribution in [3.8, 4) is 10.8 Å². The van der Waals surface area contributed by atoms with Gasteiger partial charge in [-0.1, -0.05) is 65.1 Å². The van der Waals surface area contributed by atoms with Crippen molar-refractivity contribution in [2.24, 2.45) is 0 Å². The molecular formula is C14H8Cl3N3S. The minimum Gasteiger partial charge on any atom is -0.237 e. The highest BCUT2D eigenvalue weighted by Gasteiger charge is 2.14. The van der Waals surface area contributed by atoms with Gasteiger partial charge in [-0.3, -0.25) is 0 Å². The van der Waals surface area contributed by atoms with Crippen molar-refractivity contribution in [1.82, 2.24) is 15.0 Å². The molecule has 0 N–H and O–H groups in total. The first-order valence-corrected chi connectivity index (χ1v) is 8.02. The monoisotopic (exact) mass is 355 g/mol. The van der Waals surface area contributed by atoms with E-state index >= 15 is 0 Å². The summed E-state index contributed by atoms with van der Waals surface area (Å²) in [4.78, 5) is 12.7. The van der Waals surface area contributed by atoms with Gasteiger partial charge < -0.3 is 0 Å². The smallest absolute Gasteiger partial charge is 0.191 e. The van der Waals surface area contributed by atoms with E-state index in [1.807, 2.05) is 23.6 Å². The third kappa shape index (κ3) is 3.35. The summed E-state index contributed by atoms with van der Waals surface area (Å²) in [6.07, 6.45) is 0.756. The second kappa shape index (κ2) is 6.28. The number of thiazole rings is 1. The van der Waals surface area contributed by atoms with Gasteiger partial charge >= 0.3 is 0 Å². The van der Waals surface area contributed by atoms with E-state index in [4.69, 9.17) is 34.8 Å². The lowest BCUT2D eigenvalue weighted by Gasteiger charge is -2.00. The van der Waals surface area contributed by atoms with E-state index in [0.29, 0.717) is 10.8 Å². The number of halogens is 3. The Bertz CT molecular complexity index is 751. The lowest BCUT2D eigenvalue weighted by molar-refractivity contribution is 1.09. The molecule has 0 unspecified atom stereocenters. The van der Waals surface area contributed by atoms with E-state index in [-0.39, 0.29) is 15.3 Å². The SMILES string of the molecule is Clc1nc(-c2nc(Cc3ccccc3)cs2)nc(Cl)c1Cl. The van der Waals surface area contributed by atoms with E-state index in [0.717, 1.165) is 12.1 Å². The van der Waals surface area contributed by atoms with Crippen LogP contribution in [0, 0.1) is 0 Å². The fourth-order valence-electron chi connectivity index (χ4n) is 1.79. The highest BCUT2D eigenvalue weighted by atomic mass is 35.5. The average molecular weight is 357 g/mol. The van der Waals surface area contributed by atoms with Crippen LogP contribution < -0.4 is 0 Å². The van der Waals surface area contributed by atoms with Crippen LogP contribution in [-0.4, -0.2) is 15.0 Å². The van der Waals surface area contributed by atoms with E-state index in [2.05, 4.69) is 27.1 Å². The number of benzene rings is 1. The highest BCUT2D eigenvalue weighted by molar-refractivity contribution is 7.13. The van der Waals surface area contributed by atoms with Crippen molar-refractivity contribution in [1.29, 1.82) is 0 Å². The molecule has 0 spiro atoms. The summed E-state index contributed by atoms with van der Waals surface area (Å²) in [5.41, 5.74) is 2.15. The standard InChI is InChI=1S/C14H8Cl3N3S/c15-10-11(16)19-13(20-12(10)17)14-18-9(7-21-14)6-8-4-2-1-3-5-8/h1-5,7H,6H2. The summed E-state index contributed by atoms with van der Waals surface area (Å²) in [7, 11) is 0. The van der Waals surface area contributed by atoms with Crippen LogP contribution in [0.15, 0.2) is 35.7 Å². The van der Waals surface area contributed by atoms with Crippen LogP contribution in [0.2, 0.25) is 15.3 Å². The summed E-state index contributed by atoms with van der Waals surface area (Å²) in [5, 5.41) is 3.06. The first-order valence-electron chi connectivity index (χ1n) is 6.00. The van der Waals surface area contributed by atoms with Gasteiger partial charge in [0.15, 0.2) is 21.1 Å². The number of hydrogen-bond donors (Lipinski definition) is 0. The summed E-state index contributed by atoms with van der Waals surface area (Å²) in [6, 6.07) is 10.1. The van der Waals surface area contributed by atoms with Gasteiger partial charge in [0.05, 0.1) is 5.69 Å². The van der Waals surface area contributed by atoms with Crippen LogP contribution in [-0.2, 0) is 6.42 Å². The summed E-state index contributed by atoms with van der Waals surface area (Å²) in [5.74, 6) is 0.388. The van der Waals surface area contributed by atoms with Crippen molar-refractivity contribution in [3.63, 3.8) is 0 Å². The molecule has 0 amide bonds. The number of rotatable bonds is 3. The predicted octanol–water partition coefficient (Wildman–Crippen LogP) is 5.15. The van der Waals surface area contributed by atoms with Gasteiger partial charge in [-0.05, 0) is 5.56 Å². The van der Waals surface area contributed by atoms with Crippen LogP contribution in [0.25, 0.3) is 10.8 Å². The van der Waals surface area contributed by atoms with Gasteiger partial charge in [0, 0.05) is 11.8 Å². The van der Waals surface area contributed by atoms with E-state index in [9.17, 15) is 0 Å². The summed E-state index contributed by atoms with van der Waals surface area (Å²) >= 11 is 19.1. The first-order chi connectivity index (χ1) is 10.1. The Hall–Kier alpha value is -1.20. The molecule has 2 aromatic heterocycles. The maximum Gasteiger partial charge on any atom is 0.191 e. The minimum absolute atomic E-state index is 0.131. The Morgan fingerprint density at radius 1 is 0.905 bits per heavy atom. The maximum atomic E-state index is 5.91. The normalized spacial score (nSPS) is 10.8. The predicted molar refractivity (Wildman–Crippen MR) is 87.4 cm³/mol. The largest absolute Gasteiger partial charge is 0.237 e. The van der Waals surface area contributed by atoms with Crippen LogP contribution >= 0.6 is 46.1 Å². The van der Waals surface area contributed by atoms with Gasteiger partial charge in [0.25, 0.3) is 0 Å². The molecule has 0 atom stereocenters. The molecule has 3 rings (SSSR count). The number of hydrogen-bond acceptors (Lipinski definition) is 4. The summed E-state index contributed by atoms with van der Waals surface area (Å²) in [6.45, 7) is 0. The Morgan fingerprint density at radius 3 is 2.24 bits per heavy atom. The van der Waals surface area contributed by atoms with Gasteiger partial charge in [0.1, 0.15) is 5.02 Å². The second-order valence-electron chi connectivity index (χ2n) is 4.25. The molecule has 7 heteroatoms. The van der Waals surface area contributed by atoms with Gasteiger partial charge in [-0.15, -0.1) is 11.3 Å². The fourth-order valence-corrected chi connectivity index (χ4v) is 3.01. The molecule has 1 aromatic carbocycles. The molecule has 106 valence electrons. The molecule has 3 aromatic rings. The molecule has 0 saturated carbocycles. The van der Waals surface area contributed by atoms with Gasteiger partial charge in [-0.25, -0.2) is 15.0 Å². The second-order valence-corrected chi connectivity index (χ2v) is 6.20. The van der Waals surface area contributed by atoms with E-state index in [1.165, 1.54) is 16.9 Å². The molecule has 0 aliphatic rings. The molecule has 0 aliphatic heterocycles. The minimum atomic E-state index is 0.131. The van der Waals surface area contributed by atoms with Crippen molar-refractivity contribution in [2.75, 3.05) is 0 Å². The molecule has 0 fully saturated rings. The quantitative estimate of drug-likeness (QED) is 0.609. The lowest BCUT2D eigenvalue weighted by atomic mass is 10.1. The lowest BCUT2D eigenvalue weighted by Crippen LogP contribution is -1.93. The third-order valence-corrected chi connectivity index (χ3v) is 4.73. The van der Waals surface area contributed by atoms with Crippen LogP contribution in [0.1, 0.15) is 11.3 Å². The molecule has 2 heterocycles. The molecule has 0 radical (unpaired) electrons. The number of nitrogens with zero attached hydrogens (tertiary/aromatic N) is 3. The van der Waals surface area contributed by atoms with Crippen LogP contribution in [0.5, 0.6) is 0 Å². The Morgan fingerprint density at radius 2 is 1.57 bits per heavy atom. The van der Waals surface area contributed by atoms with E-state index in [1.54, 1.807) is 0 Å². The Kier molecular flexibility index (Phi) is 4.40. The number of aromatic nitrogens is 3. The van der Waals surface area contributed by atoms with Crippen molar-refractivity contribution in [3.05, 3.63) is 62.3 Å². The molecule has 0 aliphatic carbocycles. The Balaban J connectivity index is 1.88. The van der Waals surface area contributed by atoms with Crippen molar-refractivity contribution < 1.29 is 0 Å². The highest BCUT2D eigenvalue weighted by Crippen LogP contribution is 2.30. The zero-order valence-corrected chi connectivity index (χ0v) is 13.6. The van der Waals surface area contributed by atoms with Gasteiger partial charge in [0.2, 0.25) is 0 Å². The topological polar surface area (TPSA) is 38.7 Å². The molecule has 0 saturated heterocycles. The average Bonchev–Trinajstić information content (AvgIpc) is 2.94. The van der Waals surface area contributed by atoms with E-state index < -0.39 is 0 Å². The third-order valence-electron chi connectivity index (χ3n) is 2.74. The van der Waals surface area contributed by atoms with Gasteiger partial charge in [-0.2, -0.15) is 0 Å².